The minimum Gasteiger partial charge on any atom is -0.363 e. The van der Waals surface area contributed by atoms with E-state index in [1.165, 1.54) is 11.1 Å². The van der Waals surface area contributed by atoms with E-state index < -0.39 is 0 Å². The van der Waals surface area contributed by atoms with Crippen molar-refractivity contribution in [1.29, 1.82) is 0 Å². The van der Waals surface area contributed by atoms with Gasteiger partial charge in [-0.1, -0.05) is 36.4 Å². The zero-order valence-corrected chi connectivity index (χ0v) is 16.2. The Morgan fingerprint density at radius 3 is 2.52 bits per heavy atom. The smallest absolute Gasteiger partial charge is 0.227 e. The number of rotatable bonds is 5. The highest BCUT2D eigenvalue weighted by Gasteiger charge is 2.40. The van der Waals surface area contributed by atoms with Crippen LogP contribution < -0.4 is 4.90 Å². The molecule has 142 valence electrons. The number of piperidine rings is 1. The van der Waals surface area contributed by atoms with Gasteiger partial charge in [0.05, 0.1) is 5.92 Å². The lowest BCUT2D eigenvalue weighted by Crippen LogP contribution is -2.47. The van der Waals surface area contributed by atoms with Crippen molar-refractivity contribution in [2.24, 2.45) is 5.92 Å². The molecule has 0 unspecified atom stereocenters. The van der Waals surface area contributed by atoms with Crippen LogP contribution in [0.2, 0.25) is 0 Å². The standard InChI is InChI=1S/C22H28N4O/c1-24(2)21-11-8-18(12-23-21)13-25-15-19-9-10-20(16-25)26(22(19)27)14-17-6-4-3-5-7-17/h3-8,11-12,19-20H,9-10,13-16H2,1-2H3/t19-,20+/m1/s1. The van der Waals surface area contributed by atoms with Crippen molar-refractivity contribution >= 4 is 11.7 Å². The quantitative estimate of drug-likeness (QED) is 0.818. The maximum absolute atomic E-state index is 13.0. The highest BCUT2D eigenvalue weighted by molar-refractivity contribution is 5.80. The number of carbonyl (C=O) groups excluding carboxylic acids is 1. The van der Waals surface area contributed by atoms with Crippen molar-refractivity contribution in [2.75, 3.05) is 32.1 Å². The van der Waals surface area contributed by atoms with Crippen LogP contribution in [-0.4, -0.2) is 53.9 Å². The molecule has 3 saturated heterocycles. The Labute approximate surface area is 161 Å². The van der Waals surface area contributed by atoms with E-state index >= 15 is 0 Å². The largest absolute Gasteiger partial charge is 0.363 e. The molecule has 27 heavy (non-hydrogen) atoms. The Bertz CT molecular complexity index is 775. The van der Waals surface area contributed by atoms with E-state index in [0.717, 1.165) is 44.8 Å². The molecule has 0 spiro atoms. The van der Waals surface area contributed by atoms with Crippen LogP contribution in [0.25, 0.3) is 0 Å². The summed E-state index contributed by atoms with van der Waals surface area (Å²) < 4.78 is 0. The van der Waals surface area contributed by atoms with E-state index in [2.05, 4.69) is 39.0 Å². The molecule has 2 atom stereocenters. The van der Waals surface area contributed by atoms with Crippen molar-refractivity contribution in [3.8, 4) is 0 Å². The number of carbonyl (C=O) groups is 1. The molecule has 2 aromatic rings. The van der Waals surface area contributed by atoms with Crippen LogP contribution in [0.1, 0.15) is 24.0 Å². The van der Waals surface area contributed by atoms with E-state index in [0.29, 0.717) is 11.9 Å². The van der Waals surface area contributed by atoms with Crippen molar-refractivity contribution in [2.45, 2.75) is 32.0 Å². The average Bonchev–Trinajstić information content (AvgIpc) is 2.94. The number of fused-ring (bicyclic) bond motifs is 4. The molecule has 4 heterocycles. The molecule has 0 N–H and O–H groups in total. The van der Waals surface area contributed by atoms with Crippen molar-refractivity contribution < 1.29 is 4.79 Å². The fourth-order valence-corrected chi connectivity index (χ4v) is 4.28. The van der Waals surface area contributed by atoms with Gasteiger partial charge in [0.2, 0.25) is 5.91 Å². The first-order valence-corrected chi connectivity index (χ1v) is 9.79. The van der Waals surface area contributed by atoms with E-state index in [9.17, 15) is 4.79 Å². The minimum absolute atomic E-state index is 0.126. The molecule has 0 aliphatic carbocycles. The predicted octanol–water partition coefficient (Wildman–Crippen LogP) is 2.77. The second-order valence-electron chi connectivity index (χ2n) is 7.99. The van der Waals surface area contributed by atoms with E-state index in [1.807, 2.05) is 43.4 Å². The third-order valence-corrected chi connectivity index (χ3v) is 5.74. The normalized spacial score (nSPS) is 22.7. The maximum atomic E-state index is 13.0. The molecule has 3 aliphatic rings. The number of anilines is 1. The molecule has 1 aromatic heterocycles. The lowest BCUT2D eigenvalue weighted by atomic mass is 9.93. The fraction of sp³-hybridized carbons (Fsp3) is 0.455. The number of aromatic nitrogens is 1. The lowest BCUT2D eigenvalue weighted by Gasteiger charge is -2.36. The summed E-state index contributed by atoms with van der Waals surface area (Å²) in [4.78, 5) is 24.1. The Hall–Kier alpha value is -2.40. The van der Waals surface area contributed by atoms with Gasteiger partial charge in [0.25, 0.3) is 0 Å². The molecule has 1 amide bonds. The van der Waals surface area contributed by atoms with Crippen LogP contribution in [0.15, 0.2) is 48.7 Å². The summed E-state index contributed by atoms with van der Waals surface area (Å²) >= 11 is 0. The molecule has 3 fully saturated rings. The maximum Gasteiger partial charge on any atom is 0.227 e. The monoisotopic (exact) mass is 364 g/mol. The SMILES string of the molecule is CN(C)c1ccc(CN2C[C@H]3CC[C@@H](C2)N(Cc2ccccc2)C3=O)cn1. The van der Waals surface area contributed by atoms with Gasteiger partial charge >= 0.3 is 0 Å². The van der Waals surface area contributed by atoms with Crippen LogP contribution in [0.5, 0.6) is 0 Å². The van der Waals surface area contributed by atoms with Crippen LogP contribution in [0, 0.1) is 5.92 Å². The van der Waals surface area contributed by atoms with Gasteiger partial charge in [-0.05, 0) is 30.0 Å². The highest BCUT2D eigenvalue weighted by Crippen LogP contribution is 2.31. The molecule has 0 saturated carbocycles. The summed E-state index contributed by atoms with van der Waals surface area (Å²) in [6, 6.07) is 14.9. The molecule has 1 aromatic carbocycles. The zero-order chi connectivity index (χ0) is 18.8. The van der Waals surface area contributed by atoms with Gasteiger partial charge in [0, 0.05) is 52.5 Å². The molecule has 3 aliphatic heterocycles. The number of hydrogen-bond donors (Lipinski definition) is 0. The Morgan fingerprint density at radius 2 is 1.81 bits per heavy atom. The van der Waals surface area contributed by atoms with Crippen molar-refractivity contribution in [1.82, 2.24) is 14.8 Å². The summed E-state index contributed by atoms with van der Waals surface area (Å²) in [5.74, 6) is 1.43. The molecular weight excluding hydrogens is 336 g/mol. The third kappa shape index (κ3) is 3.98. The first-order chi connectivity index (χ1) is 13.1. The van der Waals surface area contributed by atoms with Crippen molar-refractivity contribution in [3.63, 3.8) is 0 Å². The summed E-state index contributed by atoms with van der Waals surface area (Å²) in [6.45, 7) is 3.40. The lowest BCUT2D eigenvalue weighted by molar-refractivity contribution is -0.140. The van der Waals surface area contributed by atoms with Gasteiger partial charge in [-0.25, -0.2) is 4.98 Å². The number of amides is 1. The first-order valence-electron chi connectivity index (χ1n) is 9.79. The second kappa shape index (κ2) is 7.69. The average molecular weight is 364 g/mol. The molecule has 5 rings (SSSR count). The summed E-state index contributed by atoms with van der Waals surface area (Å²) in [6.07, 6.45) is 4.09. The second-order valence-corrected chi connectivity index (χ2v) is 7.99. The van der Waals surface area contributed by atoms with Gasteiger partial charge in [-0.3, -0.25) is 9.69 Å². The van der Waals surface area contributed by atoms with Crippen LogP contribution in [0.3, 0.4) is 0 Å². The van der Waals surface area contributed by atoms with Gasteiger partial charge in [0.1, 0.15) is 5.82 Å². The zero-order valence-electron chi connectivity index (χ0n) is 16.2. The highest BCUT2D eigenvalue weighted by atomic mass is 16.2. The molecular formula is C22H28N4O. The fourth-order valence-electron chi connectivity index (χ4n) is 4.28. The molecule has 5 heteroatoms. The van der Waals surface area contributed by atoms with Gasteiger partial charge < -0.3 is 9.80 Å². The number of hydrogen-bond acceptors (Lipinski definition) is 4. The number of nitrogens with zero attached hydrogens (tertiary/aromatic N) is 4. The number of pyridine rings is 1. The first kappa shape index (κ1) is 18.0. The number of benzene rings is 1. The molecule has 5 nitrogen and oxygen atoms in total. The predicted molar refractivity (Wildman–Crippen MR) is 107 cm³/mol. The Morgan fingerprint density at radius 1 is 1.00 bits per heavy atom. The van der Waals surface area contributed by atoms with Crippen LogP contribution in [0.4, 0.5) is 5.82 Å². The van der Waals surface area contributed by atoms with E-state index in [1.54, 1.807) is 0 Å². The van der Waals surface area contributed by atoms with E-state index in [-0.39, 0.29) is 5.92 Å². The third-order valence-electron chi connectivity index (χ3n) is 5.74. The summed E-state index contributed by atoms with van der Waals surface area (Å²) in [7, 11) is 4.00. The summed E-state index contributed by atoms with van der Waals surface area (Å²) in [5.41, 5.74) is 2.43. The summed E-state index contributed by atoms with van der Waals surface area (Å²) in [5, 5.41) is 0. The van der Waals surface area contributed by atoms with E-state index in [4.69, 9.17) is 0 Å². The van der Waals surface area contributed by atoms with Gasteiger partial charge in [-0.2, -0.15) is 0 Å². The van der Waals surface area contributed by atoms with Gasteiger partial charge in [-0.15, -0.1) is 0 Å². The minimum atomic E-state index is 0.126. The Kier molecular flexibility index (Phi) is 5.12. The molecule has 2 bridgehead atoms. The van der Waals surface area contributed by atoms with Crippen molar-refractivity contribution in [3.05, 3.63) is 59.8 Å². The topological polar surface area (TPSA) is 39.7 Å². The van der Waals surface area contributed by atoms with Crippen LogP contribution >= 0.6 is 0 Å². The van der Waals surface area contributed by atoms with Gasteiger partial charge in [0.15, 0.2) is 0 Å². The molecule has 0 radical (unpaired) electrons. The Balaban J connectivity index is 1.46. The van der Waals surface area contributed by atoms with Crippen LogP contribution in [-0.2, 0) is 17.9 Å².